The van der Waals surface area contributed by atoms with Gasteiger partial charge in [0, 0.05) is 6.07 Å². The number of aromatic nitrogens is 2. The molecule has 7 nitrogen and oxygen atoms in total. The summed E-state index contributed by atoms with van der Waals surface area (Å²) in [6, 6.07) is 11.1. The van der Waals surface area contributed by atoms with E-state index in [-0.39, 0.29) is 18.2 Å². The van der Waals surface area contributed by atoms with Crippen molar-refractivity contribution in [2.45, 2.75) is 32.4 Å². The number of rotatable bonds is 6. The Kier molecular flexibility index (Phi) is 5.83. The standard InChI is InChI=1S/C17H19N3O4/c1-11(2)24-16(22)10-14(12-6-4-3-5-7-12)18-17(23)13-8-9-15(21)20-19-13/h3-9,11,14H,10H2,1-2H3,(H,18,23)(H,20,21)/t14-/m0/s1. The summed E-state index contributed by atoms with van der Waals surface area (Å²) in [4.78, 5) is 35.3. The van der Waals surface area contributed by atoms with Gasteiger partial charge in [0.25, 0.3) is 11.5 Å². The van der Waals surface area contributed by atoms with Gasteiger partial charge >= 0.3 is 5.97 Å². The minimum Gasteiger partial charge on any atom is -0.463 e. The number of hydrogen-bond acceptors (Lipinski definition) is 5. The average Bonchev–Trinajstić information content (AvgIpc) is 2.55. The first-order chi connectivity index (χ1) is 11.5. The molecule has 2 rings (SSSR count). The Bertz CT molecular complexity index is 735. The van der Waals surface area contributed by atoms with Crippen molar-refractivity contribution < 1.29 is 14.3 Å². The van der Waals surface area contributed by atoms with E-state index in [1.165, 1.54) is 12.1 Å². The highest BCUT2D eigenvalue weighted by Gasteiger charge is 2.21. The Morgan fingerprint density at radius 2 is 1.88 bits per heavy atom. The van der Waals surface area contributed by atoms with Crippen LogP contribution >= 0.6 is 0 Å². The van der Waals surface area contributed by atoms with E-state index in [4.69, 9.17) is 4.74 Å². The van der Waals surface area contributed by atoms with E-state index in [9.17, 15) is 14.4 Å². The first kappa shape index (κ1) is 17.4. The molecule has 0 aliphatic rings. The first-order valence-corrected chi connectivity index (χ1v) is 7.56. The van der Waals surface area contributed by atoms with Crippen molar-refractivity contribution in [3.05, 3.63) is 64.1 Å². The third-order valence-corrected chi connectivity index (χ3v) is 3.16. The summed E-state index contributed by atoms with van der Waals surface area (Å²) >= 11 is 0. The molecular weight excluding hydrogens is 310 g/mol. The molecule has 0 saturated carbocycles. The zero-order valence-electron chi connectivity index (χ0n) is 13.5. The third kappa shape index (κ3) is 5.05. The molecule has 0 bridgehead atoms. The molecule has 1 atom stereocenters. The van der Waals surface area contributed by atoms with Crippen LogP contribution in [-0.2, 0) is 9.53 Å². The smallest absolute Gasteiger partial charge is 0.308 e. The zero-order chi connectivity index (χ0) is 17.5. The van der Waals surface area contributed by atoms with Crippen molar-refractivity contribution >= 4 is 11.9 Å². The number of nitrogens with one attached hydrogen (secondary N) is 2. The molecule has 1 aromatic carbocycles. The molecule has 24 heavy (non-hydrogen) atoms. The van der Waals surface area contributed by atoms with Crippen LogP contribution < -0.4 is 10.9 Å². The number of esters is 1. The molecule has 1 heterocycles. The molecule has 0 fully saturated rings. The van der Waals surface area contributed by atoms with Crippen LogP contribution in [0.25, 0.3) is 0 Å². The van der Waals surface area contributed by atoms with Crippen molar-refractivity contribution in [2.24, 2.45) is 0 Å². The highest BCUT2D eigenvalue weighted by atomic mass is 16.5. The van der Waals surface area contributed by atoms with E-state index in [1.807, 2.05) is 30.3 Å². The summed E-state index contributed by atoms with van der Waals surface area (Å²) < 4.78 is 5.15. The van der Waals surface area contributed by atoms with Crippen LogP contribution in [0, 0.1) is 0 Å². The zero-order valence-corrected chi connectivity index (χ0v) is 13.5. The summed E-state index contributed by atoms with van der Waals surface area (Å²) in [5, 5.41) is 8.64. The van der Waals surface area contributed by atoms with Gasteiger partial charge in [-0.15, -0.1) is 0 Å². The van der Waals surface area contributed by atoms with E-state index in [0.29, 0.717) is 0 Å². The Hall–Kier alpha value is -2.96. The maximum atomic E-state index is 12.3. The number of amides is 1. The van der Waals surface area contributed by atoms with Crippen LogP contribution in [0.1, 0.15) is 42.4 Å². The molecule has 0 aliphatic carbocycles. The number of carbonyl (C=O) groups is 2. The van der Waals surface area contributed by atoms with E-state index in [2.05, 4.69) is 15.5 Å². The van der Waals surface area contributed by atoms with E-state index in [0.717, 1.165) is 5.56 Å². The second-order valence-electron chi connectivity index (χ2n) is 5.49. The van der Waals surface area contributed by atoms with Gasteiger partial charge in [-0.1, -0.05) is 30.3 Å². The summed E-state index contributed by atoms with van der Waals surface area (Å²) in [5.74, 6) is -0.897. The van der Waals surface area contributed by atoms with Crippen molar-refractivity contribution in [3.63, 3.8) is 0 Å². The highest BCUT2D eigenvalue weighted by molar-refractivity contribution is 5.92. The van der Waals surface area contributed by atoms with Gasteiger partial charge < -0.3 is 10.1 Å². The Balaban J connectivity index is 2.16. The van der Waals surface area contributed by atoms with Gasteiger partial charge in [0.2, 0.25) is 0 Å². The summed E-state index contributed by atoms with van der Waals surface area (Å²) in [6.07, 6.45) is -0.234. The van der Waals surface area contributed by atoms with Gasteiger partial charge in [-0.3, -0.25) is 14.4 Å². The molecule has 1 amide bonds. The minimum atomic E-state index is -0.557. The van der Waals surface area contributed by atoms with Crippen molar-refractivity contribution in [1.29, 1.82) is 0 Å². The monoisotopic (exact) mass is 329 g/mol. The molecule has 0 saturated heterocycles. The second-order valence-corrected chi connectivity index (χ2v) is 5.49. The lowest BCUT2D eigenvalue weighted by molar-refractivity contribution is -0.147. The number of hydrogen-bond donors (Lipinski definition) is 2. The minimum absolute atomic E-state index is 0.00269. The predicted molar refractivity (Wildman–Crippen MR) is 87.4 cm³/mol. The Labute approximate surface area is 139 Å². The lowest BCUT2D eigenvalue weighted by Crippen LogP contribution is -2.32. The highest BCUT2D eigenvalue weighted by Crippen LogP contribution is 2.18. The maximum absolute atomic E-state index is 12.3. The van der Waals surface area contributed by atoms with Crippen LogP contribution in [0.4, 0.5) is 0 Å². The number of nitrogens with zero attached hydrogens (tertiary/aromatic N) is 1. The molecule has 2 N–H and O–H groups in total. The molecule has 0 radical (unpaired) electrons. The summed E-state index contributed by atoms with van der Waals surface area (Å²) in [7, 11) is 0. The fraction of sp³-hybridized carbons (Fsp3) is 0.294. The molecule has 0 unspecified atom stereocenters. The number of H-pyrrole nitrogens is 1. The molecule has 1 aromatic heterocycles. The fourth-order valence-electron chi connectivity index (χ4n) is 2.12. The summed E-state index contributed by atoms with van der Waals surface area (Å²) in [5.41, 5.74) is 0.440. The SMILES string of the molecule is CC(C)OC(=O)C[C@H](NC(=O)c1ccc(=O)[nH]n1)c1ccccc1. The average molecular weight is 329 g/mol. The normalized spacial score (nSPS) is 11.8. The van der Waals surface area contributed by atoms with Gasteiger partial charge in [-0.25, -0.2) is 5.10 Å². The first-order valence-electron chi connectivity index (χ1n) is 7.56. The quantitative estimate of drug-likeness (QED) is 0.784. The lowest BCUT2D eigenvalue weighted by atomic mass is 10.0. The Morgan fingerprint density at radius 1 is 1.17 bits per heavy atom. The molecule has 126 valence electrons. The molecular formula is C17H19N3O4. The number of aromatic amines is 1. The molecule has 0 spiro atoms. The molecule has 2 aromatic rings. The van der Waals surface area contributed by atoms with Gasteiger partial charge in [0.1, 0.15) is 5.69 Å². The van der Waals surface area contributed by atoms with E-state index >= 15 is 0 Å². The van der Waals surface area contributed by atoms with Crippen molar-refractivity contribution in [1.82, 2.24) is 15.5 Å². The van der Waals surface area contributed by atoms with E-state index < -0.39 is 23.5 Å². The van der Waals surface area contributed by atoms with Crippen LogP contribution in [0.5, 0.6) is 0 Å². The topological polar surface area (TPSA) is 101 Å². The van der Waals surface area contributed by atoms with Crippen molar-refractivity contribution in [3.8, 4) is 0 Å². The maximum Gasteiger partial charge on any atom is 0.308 e. The number of carbonyl (C=O) groups excluding carboxylic acids is 2. The van der Waals surface area contributed by atoms with Crippen LogP contribution in [0.15, 0.2) is 47.3 Å². The van der Waals surface area contributed by atoms with Gasteiger partial charge in [-0.05, 0) is 25.5 Å². The predicted octanol–water partition coefficient (Wildman–Crippen LogP) is 1.58. The van der Waals surface area contributed by atoms with Crippen LogP contribution in [0.2, 0.25) is 0 Å². The molecule has 7 heteroatoms. The number of ether oxygens (including phenoxy) is 1. The largest absolute Gasteiger partial charge is 0.463 e. The van der Waals surface area contributed by atoms with Crippen LogP contribution in [-0.4, -0.2) is 28.2 Å². The Morgan fingerprint density at radius 3 is 2.46 bits per heavy atom. The third-order valence-electron chi connectivity index (χ3n) is 3.16. The van der Waals surface area contributed by atoms with Gasteiger partial charge in [-0.2, -0.15) is 5.10 Å². The van der Waals surface area contributed by atoms with Gasteiger partial charge in [0.05, 0.1) is 18.6 Å². The van der Waals surface area contributed by atoms with Gasteiger partial charge in [0.15, 0.2) is 0 Å². The van der Waals surface area contributed by atoms with Crippen LogP contribution in [0.3, 0.4) is 0 Å². The second kappa shape index (κ2) is 8.05. The molecule has 0 aliphatic heterocycles. The lowest BCUT2D eigenvalue weighted by Gasteiger charge is -2.19. The van der Waals surface area contributed by atoms with E-state index in [1.54, 1.807) is 13.8 Å². The number of benzene rings is 1. The van der Waals surface area contributed by atoms with Crippen molar-refractivity contribution in [2.75, 3.05) is 0 Å². The fourth-order valence-corrected chi connectivity index (χ4v) is 2.12. The summed E-state index contributed by atoms with van der Waals surface area (Å²) in [6.45, 7) is 3.52.